The van der Waals surface area contributed by atoms with Gasteiger partial charge in [0.15, 0.2) is 5.69 Å². The summed E-state index contributed by atoms with van der Waals surface area (Å²) in [7, 11) is -4.63. The summed E-state index contributed by atoms with van der Waals surface area (Å²) in [6, 6.07) is 4.71. The molecule has 162 valence electrons. The summed E-state index contributed by atoms with van der Waals surface area (Å²) in [5.41, 5.74) is -2.09. The molecule has 1 amide bonds. The minimum atomic E-state index is -4.93. The second kappa shape index (κ2) is 7.75. The van der Waals surface area contributed by atoms with E-state index in [4.69, 9.17) is 5.26 Å². The first kappa shape index (κ1) is 23.4. The van der Waals surface area contributed by atoms with Crippen molar-refractivity contribution in [1.82, 2.24) is 14.5 Å². The number of rotatable bonds is 4. The van der Waals surface area contributed by atoms with Crippen LogP contribution in [-0.4, -0.2) is 24.1 Å². The molecule has 0 radical (unpaired) electrons. The van der Waals surface area contributed by atoms with E-state index < -0.39 is 43.7 Å². The Balaban J connectivity index is 2.44. The molecule has 0 saturated heterocycles. The lowest BCUT2D eigenvalue weighted by Gasteiger charge is -2.23. The van der Waals surface area contributed by atoms with E-state index in [-0.39, 0.29) is 11.6 Å². The molecule has 1 heterocycles. The smallest absolute Gasteiger partial charge is 0.266 e. The molecule has 11 heteroatoms. The van der Waals surface area contributed by atoms with Gasteiger partial charge in [-0.25, -0.2) is 13.1 Å². The molecular formula is C19H21F3N4O3S. The van der Waals surface area contributed by atoms with Gasteiger partial charge >= 0.3 is 6.18 Å². The zero-order chi connectivity index (χ0) is 23.1. The van der Waals surface area contributed by atoms with E-state index in [0.717, 1.165) is 12.1 Å². The van der Waals surface area contributed by atoms with E-state index in [1.165, 1.54) is 12.1 Å². The highest BCUT2D eigenvalue weighted by molar-refractivity contribution is 7.90. The summed E-state index contributed by atoms with van der Waals surface area (Å²) in [6.45, 7) is 9.35. The van der Waals surface area contributed by atoms with E-state index in [9.17, 15) is 26.4 Å². The number of nitriles is 1. The van der Waals surface area contributed by atoms with Gasteiger partial charge in [-0.3, -0.25) is 9.48 Å². The normalized spacial score (nSPS) is 12.7. The van der Waals surface area contributed by atoms with Gasteiger partial charge in [0.1, 0.15) is 0 Å². The Morgan fingerprint density at radius 1 is 1.20 bits per heavy atom. The van der Waals surface area contributed by atoms with E-state index in [0.29, 0.717) is 11.8 Å². The Morgan fingerprint density at radius 3 is 2.23 bits per heavy atom. The molecule has 2 aromatic rings. The molecule has 0 unspecified atom stereocenters. The van der Waals surface area contributed by atoms with Crippen molar-refractivity contribution < 1.29 is 26.4 Å². The number of amides is 1. The number of hydrogen-bond acceptors (Lipinski definition) is 5. The highest BCUT2D eigenvalue weighted by Crippen LogP contribution is 2.33. The first-order chi connectivity index (χ1) is 13.6. The van der Waals surface area contributed by atoms with Gasteiger partial charge in [-0.2, -0.15) is 23.5 Å². The van der Waals surface area contributed by atoms with Gasteiger partial charge in [0.05, 0.1) is 27.6 Å². The SMILES string of the molecule is CC(C)c1cc(C(=O)NS(=O)(=O)c2ccc(C#N)c(C(F)(F)F)c2)nn1C(C)(C)C. The fraction of sp³-hybridized carbons (Fsp3) is 0.421. The van der Waals surface area contributed by atoms with Crippen molar-refractivity contribution >= 4 is 15.9 Å². The van der Waals surface area contributed by atoms with E-state index in [2.05, 4.69) is 5.10 Å². The summed E-state index contributed by atoms with van der Waals surface area (Å²) in [5.74, 6) is -1.08. The highest BCUT2D eigenvalue weighted by atomic mass is 32.2. The average Bonchev–Trinajstić information content (AvgIpc) is 3.06. The van der Waals surface area contributed by atoms with Crippen LogP contribution < -0.4 is 4.72 Å². The molecular weight excluding hydrogens is 421 g/mol. The fourth-order valence-electron chi connectivity index (χ4n) is 2.71. The molecule has 0 aliphatic heterocycles. The third-order valence-electron chi connectivity index (χ3n) is 4.15. The van der Waals surface area contributed by atoms with Crippen molar-refractivity contribution in [3.8, 4) is 6.07 Å². The van der Waals surface area contributed by atoms with Crippen molar-refractivity contribution in [3.05, 3.63) is 46.8 Å². The molecule has 0 aliphatic carbocycles. The summed E-state index contributed by atoms with van der Waals surface area (Å²) in [5, 5.41) is 13.0. The number of carbonyl (C=O) groups excluding carboxylic acids is 1. The number of halogens is 3. The van der Waals surface area contributed by atoms with Crippen LogP contribution >= 0.6 is 0 Å². The fourth-order valence-corrected chi connectivity index (χ4v) is 3.70. The molecule has 1 aromatic carbocycles. The molecule has 1 N–H and O–H groups in total. The van der Waals surface area contributed by atoms with Crippen LogP contribution in [0.25, 0.3) is 0 Å². The van der Waals surface area contributed by atoms with Gasteiger partial charge < -0.3 is 0 Å². The zero-order valence-electron chi connectivity index (χ0n) is 17.0. The number of sulfonamides is 1. The number of benzene rings is 1. The summed E-state index contributed by atoms with van der Waals surface area (Å²) >= 11 is 0. The van der Waals surface area contributed by atoms with Crippen LogP contribution in [0.5, 0.6) is 0 Å². The van der Waals surface area contributed by atoms with Crippen LogP contribution in [-0.2, 0) is 21.7 Å². The van der Waals surface area contributed by atoms with Gasteiger partial charge in [0.2, 0.25) is 0 Å². The largest absolute Gasteiger partial charge is 0.417 e. The monoisotopic (exact) mass is 442 g/mol. The number of nitrogens with zero attached hydrogens (tertiary/aromatic N) is 3. The molecule has 0 aliphatic rings. The van der Waals surface area contributed by atoms with Crippen LogP contribution in [0.15, 0.2) is 29.2 Å². The third-order valence-corrected chi connectivity index (χ3v) is 5.48. The Hall–Kier alpha value is -2.87. The molecule has 7 nitrogen and oxygen atoms in total. The summed E-state index contributed by atoms with van der Waals surface area (Å²) < 4.78 is 67.7. The standard InChI is InChI=1S/C19H21F3N4O3S/c1-11(2)16-9-15(24-26(16)18(3,4)5)17(27)25-30(28,29)13-7-6-12(10-23)14(8-13)19(20,21)22/h6-9,11H,1-5H3,(H,25,27). The number of aromatic nitrogens is 2. The van der Waals surface area contributed by atoms with E-state index in [1.54, 1.807) is 9.40 Å². The predicted octanol–water partition coefficient (Wildman–Crippen LogP) is 3.77. The summed E-state index contributed by atoms with van der Waals surface area (Å²) in [4.78, 5) is 11.7. The van der Waals surface area contributed by atoms with E-state index in [1.807, 2.05) is 34.6 Å². The minimum Gasteiger partial charge on any atom is -0.266 e. The molecule has 0 bridgehead atoms. The van der Waals surface area contributed by atoms with Crippen molar-refractivity contribution in [2.24, 2.45) is 0 Å². The van der Waals surface area contributed by atoms with Gasteiger partial charge in [-0.05, 0) is 51.0 Å². The molecule has 0 saturated carbocycles. The Morgan fingerprint density at radius 2 is 1.80 bits per heavy atom. The minimum absolute atomic E-state index is 0.0113. The lowest BCUT2D eigenvalue weighted by molar-refractivity contribution is -0.137. The maximum absolute atomic E-state index is 13.1. The van der Waals surface area contributed by atoms with Crippen LogP contribution in [0.4, 0.5) is 13.2 Å². The second-order valence-corrected chi connectivity index (χ2v) is 9.63. The number of hydrogen-bond donors (Lipinski definition) is 1. The quantitative estimate of drug-likeness (QED) is 0.776. The first-order valence-corrected chi connectivity index (χ1v) is 10.3. The lowest BCUT2D eigenvalue weighted by Crippen LogP contribution is -2.32. The first-order valence-electron chi connectivity index (χ1n) is 8.87. The van der Waals surface area contributed by atoms with Crippen molar-refractivity contribution in [2.45, 2.75) is 57.1 Å². The molecule has 30 heavy (non-hydrogen) atoms. The van der Waals surface area contributed by atoms with Crippen molar-refractivity contribution in [3.63, 3.8) is 0 Å². The van der Waals surface area contributed by atoms with Crippen LogP contribution in [0.2, 0.25) is 0 Å². The van der Waals surface area contributed by atoms with Gasteiger partial charge in [0, 0.05) is 5.69 Å². The summed E-state index contributed by atoms with van der Waals surface area (Å²) in [6.07, 6.45) is -4.93. The number of carbonyl (C=O) groups is 1. The van der Waals surface area contributed by atoms with Crippen LogP contribution in [0, 0.1) is 11.3 Å². The van der Waals surface area contributed by atoms with Gasteiger partial charge in [-0.1, -0.05) is 13.8 Å². The van der Waals surface area contributed by atoms with Gasteiger partial charge in [-0.15, -0.1) is 0 Å². The molecule has 1 aromatic heterocycles. The Labute approximate surface area is 172 Å². The van der Waals surface area contributed by atoms with Crippen LogP contribution in [0.1, 0.15) is 67.8 Å². The maximum atomic E-state index is 13.1. The molecule has 0 spiro atoms. The number of nitrogens with one attached hydrogen (secondary N) is 1. The average molecular weight is 442 g/mol. The van der Waals surface area contributed by atoms with E-state index >= 15 is 0 Å². The zero-order valence-corrected chi connectivity index (χ0v) is 17.8. The van der Waals surface area contributed by atoms with Gasteiger partial charge in [0.25, 0.3) is 15.9 Å². The topological polar surface area (TPSA) is 105 Å². The van der Waals surface area contributed by atoms with Crippen molar-refractivity contribution in [2.75, 3.05) is 0 Å². The van der Waals surface area contributed by atoms with Crippen LogP contribution in [0.3, 0.4) is 0 Å². The second-order valence-electron chi connectivity index (χ2n) is 7.94. The highest BCUT2D eigenvalue weighted by Gasteiger charge is 2.35. The molecule has 0 fully saturated rings. The Bertz CT molecular complexity index is 1120. The predicted molar refractivity (Wildman–Crippen MR) is 102 cm³/mol. The molecule has 0 atom stereocenters. The Kier molecular flexibility index (Phi) is 6.05. The third kappa shape index (κ3) is 4.81. The number of alkyl halides is 3. The lowest BCUT2D eigenvalue weighted by atomic mass is 10.1. The molecule has 2 rings (SSSR count). The van der Waals surface area contributed by atoms with Crippen molar-refractivity contribution in [1.29, 1.82) is 5.26 Å². The maximum Gasteiger partial charge on any atom is 0.417 e.